The van der Waals surface area contributed by atoms with Crippen molar-refractivity contribution in [3.8, 4) is 5.75 Å². The minimum Gasteiger partial charge on any atom is -0.497 e. The minimum absolute atomic E-state index is 0.0947. The van der Waals surface area contributed by atoms with Gasteiger partial charge in [-0.3, -0.25) is 14.6 Å². The van der Waals surface area contributed by atoms with Gasteiger partial charge in [-0.1, -0.05) is 54.1 Å². The molecule has 0 unspecified atom stereocenters. The fourth-order valence-electron chi connectivity index (χ4n) is 4.87. The molecule has 7 heteroatoms. The van der Waals surface area contributed by atoms with E-state index in [0.717, 1.165) is 16.2 Å². The Bertz CT molecular complexity index is 1030. The highest BCUT2D eigenvalue weighted by Gasteiger charge is 2.57. The molecule has 6 nitrogen and oxygen atoms in total. The van der Waals surface area contributed by atoms with Crippen LogP contribution in [-0.2, 0) is 11.3 Å². The Labute approximate surface area is 200 Å². The molecule has 0 bridgehead atoms. The zero-order valence-electron chi connectivity index (χ0n) is 19.2. The average molecular weight is 468 g/mol. The summed E-state index contributed by atoms with van der Waals surface area (Å²) in [5, 5.41) is 0.762. The second-order valence-electron chi connectivity index (χ2n) is 8.58. The van der Waals surface area contributed by atoms with Crippen LogP contribution in [0.15, 0.2) is 59.6 Å². The maximum atomic E-state index is 13.6. The topological polar surface area (TPSA) is 53.1 Å². The van der Waals surface area contributed by atoms with Gasteiger partial charge >= 0.3 is 6.03 Å². The van der Waals surface area contributed by atoms with E-state index >= 15 is 0 Å². The highest BCUT2D eigenvalue weighted by molar-refractivity contribution is 6.31. The molecule has 4 rings (SSSR count). The number of hydrogen-bond donors (Lipinski definition) is 0. The van der Waals surface area contributed by atoms with E-state index in [9.17, 15) is 9.59 Å². The van der Waals surface area contributed by atoms with Gasteiger partial charge in [0.25, 0.3) is 5.91 Å². The lowest BCUT2D eigenvalue weighted by atomic mass is 9.85. The van der Waals surface area contributed by atoms with Gasteiger partial charge in [0.05, 0.1) is 13.7 Å². The molecule has 2 saturated heterocycles. The SMILES string of the molecule is CCN1C(=O)N(Cc2cccc(OC)c2)C(=O)C12CCN(CC(Cl)=Cc1ccccc1)CC2. The van der Waals surface area contributed by atoms with Crippen LogP contribution in [0.1, 0.15) is 30.9 Å². The zero-order chi connectivity index (χ0) is 23.4. The van der Waals surface area contributed by atoms with Gasteiger partial charge < -0.3 is 9.64 Å². The third kappa shape index (κ3) is 4.77. The third-order valence-electron chi connectivity index (χ3n) is 6.59. The maximum absolute atomic E-state index is 13.6. The van der Waals surface area contributed by atoms with E-state index in [4.69, 9.17) is 16.3 Å². The van der Waals surface area contributed by atoms with Gasteiger partial charge in [-0.05, 0) is 49.1 Å². The Morgan fingerprint density at radius 1 is 1.09 bits per heavy atom. The van der Waals surface area contributed by atoms with Crippen LogP contribution in [0.25, 0.3) is 6.08 Å². The largest absolute Gasteiger partial charge is 0.497 e. The van der Waals surface area contributed by atoms with Gasteiger partial charge in [0.2, 0.25) is 0 Å². The Morgan fingerprint density at radius 3 is 2.48 bits per heavy atom. The second kappa shape index (κ2) is 9.98. The number of methoxy groups -OCH3 is 1. The number of halogens is 1. The number of amides is 3. The van der Waals surface area contributed by atoms with Gasteiger partial charge in [0.15, 0.2) is 0 Å². The number of imide groups is 1. The van der Waals surface area contributed by atoms with Crippen LogP contribution in [0.3, 0.4) is 0 Å². The molecule has 0 N–H and O–H groups in total. The van der Waals surface area contributed by atoms with E-state index in [1.165, 1.54) is 4.90 Å². The van der Waals surface area contributed by atoms with Crippen molar-refractivity contribution in [2.75, 3.05) is 33.3 Å². The van der Waals surface area contributed by atoms with Crippen LogP contribution >= 0.6 is 11.6 Å². The van der Waals surface area contributed by atoms with Crippen LogP contribution in [0, 0.1) is 0 Å². The van der Waals surface area contributed by atoms with Crippen molar-refractivity contribution in [2.45, 2.75) is 31.8 Å². The third-order valence-corrected chi connectivity index (χ3v) is 6.82. The molecule has 2 aromatic carbocycles. The summed E-state index contributed by atoms with van der Waals surface area (Å²) in [6.45, 7) is 4.75. The number of rotatable bonds is 7. The lowest BCUT2D eigenvalue weighted by molar-refractivity contribution is -0.135. The predicted octanol–water partition coefficient (Wildman–Crippen LogP) is 4.59. The summed E-state index contributed by atoms with van der Waals surface area (Å²) < 4.78 is 5.29. The van der Waals surface area contributed by atoms with Crippen molar-refractivity contribution in [3.05, 3.63) is 70.8 Å². The molecule has 3 amide bonds. The molecule has 2 heterocycles. The van der Waals surface area contributed by atoms with Crippen LogP contribution in [0.5, 0.6) is 5.75 Å². The Balaban J connectivity index is 1.45. The van der Waals surface area contributed by atoms with E-state index in [-0.39, 0.29) is 18.5 Å². The number of benzene rings is 2. The van der Waals surface area contributed by atoms with Gasteiger partial charge in [-0.15, -0.1) is 0 Å². The molecular formula is C26H30ClN3O3. The molecule has 2 aromatic rings. The summed E-state index contributed by atoms with van der Waals surface area (Å²) in [7, 11) is 1.61. The molecule has 0 radical (unpaired) electrons. The molecule has 1 spiro atoms. The van der Waals surface area contributed by atoms with E-state index in [2.05, 4.69) is 4.90 Å². The molecule has 174 valence electrons. The monoisotopic (exact) mass is 467 g/mol. The smallest absolute Gasteiger partial charge is 0.327 e. The van der Waals surface area contributed by atoms with Gasteiger partial charge in [0.1, 0.15) is 11.3 Å². The molecule has 2 fully saturated rings. The highest BCUT2D eigenvalue weighted by Crippen LogP contribution is 2.38. The van der Waals surface area contributed by atoms with Crippen molar-refractivity contribution in [1.29, 1.82) is 0 Å². The van der Waals surface area contributed by atoms with Crippen LogP contribution < -0.4 is 4.74 Å². The first kappa shape index (κ1) is 23.3. The molecule has 0 atom stereocenters. The number of likely N-dealkylation sites (N-methyl/N-ethyl adjacent to an activating group) is 1. The number of hydrogen-bond acceptors (Lipinski definition) is 4. The van der Waals surface area contributed by atoms with Crippen molar-refractivity contribution in [1.82, 2.24) is 14.7 Å². The number of ether oxygens (including phenoxy) is 1. The predicted molar refractivity (Wildman–Crippen MR) is 130 cm³/mol. The fourth-order valence-corrected chi connectivity index (χ4v) is 5.16. The number of urea groups is 1. The quantitative estimate of drug-likeness (QED) is 0.559. The molecule has 2 aliphatic rings. The number of likely N-dealkylation sites (tertiary alicyclic amines) is 1. The number of carbonyl (C=O) groups is 2. The average Bonchev–Trinajstić information content (AvgIpc) is 3.02. The first-order chi connectivity index (χ1) is 16.0. The molecule has 2 aliphatic heterocycles. The van der Waals surface area contributed by atoms with Gasteiger partial charge in [-0.2, -0.15) is 0 Å². The summed E-state index contributed by atoms with van der Waals surface area (Å²) in [5.74, 6) is 0.616. The van der Waals surface area contributed by atoms with Gasteiger partial charge in [0, 0.05) is 31.2 Å². The summed E-state index contributed by atoms with van der Waals surface area (Å²) in [4.78, 5) is 32.2. The van der Waals surface area contributed by atoms with Crippen LogP contribution in [0.2, 0.25) is 0 Å². The summed E-state index contributed by atoms with van der Waals surface area (Å²) in [5.41, 5.74) is 1.17. The first-order valence-electron chi connectivity index (χ1n) is 11.4. The molecule has 0 aromatic heterocycles. The lowest BCUT2D eigenvalue weighted by Crippen LogP contribution is -2.56. The van der Waals surface area contributed by atoms with E-state index in [1.54, 1.807) is 12.0 Å². The standard InChI is InChI=1S/C26H30ClN3O3/c1-3-30-25(32)29(18-21-10-7-11-23(17-21)33-2)24(31)26(30)12-14-28(15-13-26)19-22(27)16-20-8-5-4-6-9-20/h4-11,16-17H,3,12-15,18-19H2,1-2H3. The number of piperidine rings is 1. The van der Waals surface area contributed by atoms with Crippen molar-refractivity contribution in [3.63, 3.8) is 0 Å². The lowest BCUT2D eigenvalue weighted by Gasteiger charge is -2.41. The van der Waals surface area contributed by atoms with Crippen molar-refractivity contribution in [2.24, 2.45) is 0 Å². The molecular weight excluding hydrogens is 438 g/mol. The zero-order valence-corrected chi connectivity index (χ0v) is 19.9. The second-order valence-corrected chi connectivity index (χ2v) is 9.06. The normalized spacial score (nSPS) is 18.9. The minimum atomic E-state index is -0.767. The molecule has 0 saturated carbocycles. The van der Waals surface area contributed by atoms with Crippen molar-refractivity contribution < 1.29 is 14.3 Å². The molecule has 0 aliphatic carbocycles. The maximum Gasteiger partial charge on any atom is 0.327 e. The van der Waals surface area contributed by atoms with E-state index in [1.807, 2.05) is 67.6 Å². The Hall–Kier alpha value is -2.83. The Morgan fingerprint density at radius 2 is 1.82 bits per heavy atom. The highest BCUT2D eigenvalue weighted by atomic mass is 35.5. The van der Waals surface area contributed by atoms with E-state index < -0.39 is 5.54 Å². The number of nitrogens with zero attached hydrogens (tertiary/aromatic N) is 3. The van der Waals surface area contributed by atoms with Crippen LogP contribution in [0.4, 0.5) is 4.79 Å². The molecule has 33 heavy (non-hydrogen) atoms. The van der Waals surface area contributed by atoms with Crippen molar-refractivity contribution >= 4 is 29.6 Å². The van der Waals surface area contributed by atoms with Crippen LogP contribution in [-0.4, -0.2) is 65.5 Å². The summed E-state index contributed by atoms with van der Waals surface area (Å²) in [6, 6.07) is 17.3. The van der Waals surface area contributed by atoms with E-state index in [0.29, 0.717) is 44.8 Å². The van der Waals surface area contributed by atoms with Gasteiger partial charge in [-0.25, -0.2) is 4.79 Å². The first-order valence-corrected chi connectivity index (χ1v) is 11.7. The fraction of sp³-hybridized carbons (Fsp3) is 0.385. The Kier molecular flexibility index (Phi) is 7.05. The summed E-state index contributed by atoms with van der Waals surface area (Å²) in [6.07, 6.45) is 3.19. The number of carbonyl (C=O) groups excluding carboxylic acids is 2. The summed E-state index contributed by atoms with van der Waals surface area (Å²) >= 11 is 6.52.